The van der Waals surface area contributed by atoms with E-state index in [0.717, 1.165) is 24.7 Å². The van der Waals surface area contributed by atoms with E-state index in [1.165, 1.54) is 24.1 Å². The zero-order valence-corrected chi connectivity index (χ0v) is 14.5. The lowest BCUT2D eigenvalue weighted by Crippen LogP contribution is -2.40. The SMILES string of the molecule is CCN(c1cccc(Cl)c1CNC1CC1)C(C)CN(C)C. The van der Waals surface area contributed by atoms with Crippen LogP contribution in [0.4, 0.5) is 5.69 Å². The third kappa shape index (κ3) is 4.60. The Morgan fingerprint density at radius 3 is 2.62 bits per heavy atom. The number of hydrogen-bond acceptors (Lipinski definition) is 3. The summed E-state index contributed by atoms with van der Waals surface area (Å²) in [5, 5.41) is 4.46. The van der Waals surface area contributed by atoms with E-state index in [0.29, 0.717) is 12.1 Å². The molecule has 0 heterocycles. The summed E-state index contributed by atoms with van der Waals surface area (Å²) in [6.07, 6.45) is 2.60. The molecule has 1 saturated carbocycles. The number of likely N-dealkylation sites (N-methyl/N-ethyl adjacent to an activating group) is 2. The number of nitrogens with one attached hydrogen (secondary N) is 1. The van der Waals surface area contributed by atoms with E-state index in [9.17, 15) is 0 Å². The highest BCUT2D eigenvalue weighted by Crippen LogP contribution is 2.30. The Labute approximate surface area is 134 Å². The summed E-state index contributed by atoms with van der Waals surface area (Å²) in [6, 6.07) is 7.42. The zero-order valence-electron chi connectivity index (χ0n) is 13.7. The van der Waals surface area contributed by atoms with E-state index < -0.39 is 0 Å². The van der Waals surface area contributed by atoms with Crippen LogP contribution >= 0.6 is 11.6 Å². The standard InChI is InChI=1S/C17H28ClN3/c1-5-21(13(2)12-20(3)4)17-8-6-7-16(18)15(17)11-19-14-9-10-14/h6-8,13-14,19H,5,9-12H2,1-4H3. The molecule has 0 saturated heterocycles. The summed E-state index contributed by atoms with van der Waals surface area (Å²) in [5.41, 5.74) is 2.51. The molecule has 1 aromatic rings. The van der Waals surface area contributed by atoms with Gasteiger partial charge in [-0.25, -0.2) is 0 Å². The molecule has 1 unspecified atom stereocenters. The van der Waals surface area contributed by atoms with Gasteiger partial charge in [-0.15, -0.1) is 0 Å². The Hall–Kier alpha value is -0.770. The van der Waals surface area contributed by atoms with Crippen molar-refractivity contribution in [3.05, 3.63) is 28.8 Å². The van der Waals surface area contributed by atoms with E-state index in [1.807, 2.05) is 6.07 Å². The first-order valence-corrected chi connectivity index (χ1v) is 8.32. The number of nitrogens with zero attached hydrogens (tertiary/aromatic N) is 2. The molecule has 0 radical (unpaired) electrons. The van der Waals surface area contributed by atoms with Gasteiger partial charge in [-0.2, -0.15) is 0 Å². The van der Waals surface area contributed by atoms with Crippen LogP contribution in [0, 0.1) is 0 Å². The van der Waals surface area contributed by atoms with Crippen LogP contribution in [0.3, 0.4) is 0 Å². The second-order valence-electron chi connectivity index (χ2n) is 6.29. The van der Waals surface area contributed by atoms with Gasteiger partial charge in [-0.05, 0) is 52.9 Å². The van der Waals surface area contributed by atoms with Gasteiger partial charge in [0.15, 0.2) is 0 Å². The Kier molecular flexibility index (Phi) is 5.91. The maximum atomic E-state index is 6.47. The number of rotatable bonds is 8. The number of benzene rings is 1. The molecule has 1 fully saturated rings. The average Bonchev–Trinajstić information content (AvgIpc) is 3.22. The molecule has 0 aliphatic heterocycles. The predicted molar refractivity (Wildman–Crippen MR) is 92.3 cm³/mol. The molecule has 4 heteroatoms. The molecule has 1 aromatic carbocycles. The summed E-state index contributed by atoms with van der Waals surface area (Å²) < 4.78 is 0. The van der Waals surface area contributed by atoms with Gasteiger partial charge >= 0.3 is 0 Å². The molecule has 1 aliphatic rings. The van der Waals surface area contributed by atoms with E-state index >= 15 is 0 Å². The lowest BCUT2D eigenvalue weighted by molar-refractivity contribution is 0.372. The Morgan fingerprint density at radius 2 is 2.05 bits per heavy atom. The van der Waals surface area contributed by atoms with Gasteiger partial charge in [0.1, 0.15) is 0 Å². The molecular weight excluding hydrogens is 282 g/mol. The first-order valence-electron chi connectivity index (χ1n) is 7.95. The van der Waals surface area contributed by atoms with Gasteiger partial charge < -0.3 is 15.1 Å². The molecule has 0 amide bonds. The highest BCUT2D eigenvalue weighted by Gasteiger charge is 2.23. The molecule has 0 bridgehead atoms. The molecule has 1 atom stereocenters. The predicted octanol–water partition coefficient (Wildman–Crippen LogP) is 3.37. The van der Waals surface area contributed by atoms with Gasteiger partial charge in [0.2, 0.25) is 0 Å². The lowest BCUT2D eigenvalue weighted by atomic mass is 10.1. The van der Waals surface area contributed by atoms with Crippen LogP contribution in [0.5, 0.6) is 0 Å². The first kappa shape index (κ1) is 16.6. The highest BCUT2D eigenvalue weighted by atomic mass is 35.5. The van der Waals surface area contributed by atoms with Crippen molar-refractivity contribution in [1.29, 1.82) is 0 Å². The van der Waals surface area contributed by atoms with Gasteiger partial charge in [-0.3, -0.25) is 0 Å². The third-order valence-electron chi connectivity index (χ3n) is 4.05. The minimum absolute atomic E-state index is 0.461. The molecule has 118 valence electrons. The summed E-state index contributed by atoms with van der Waals surface area (Å²) in [6.45, 7) is 7.39. The van der Waals surface area contributed by atoms with Crippen molar-refractivity contribution in [3.8, 4) is 0 Å². The second-order valence-corrected chi connectivity index (χ2v) is 6.70. The maximum absolute atomic E-state index is 6.47. The van der Waals surface area contributed by atoms with Crippen LogP contribution in [0.1, 0.15) is 32.3 Å². The number of halogens is 1. The van der Waals surface area contributed by atoms with Crippen molar-refractivity contribution < 1.29 is 0 Å². The van der Waals surface area contributed by atoms with Crippen molar-refractivity contribution in [2.75, 3.05) is 32.1 Å². The fourth-order valence-corrected chi connectivity index (χ4v) is 3.11. The highest BCUT2D eigenvalue weighted by molar-refractivity contribution is 6.31. The molecule has 0 aromatic heterocycles. The molecule has 1 aliphatic carbocycles. The summed E-state index contributed by atoms with van der Waals surface area (Å²) in [7, 11) is 4.25. The van der Waals surface area contributed by atoms with Crippen molar-refractivity contribution in [2.45, 2.75) is 45.3 Å². The summed E-state index contributed by atoms with van der Waals surface area (Å²) >= 11 is 6.47. The van der Waals surface area contributed by atoms with Gasteiger partial charge in [0.05, 0.1) is 0 Å². The molecule has 21 heavy (non-hydrogen) atoms. The summed E-state index contributed by atoms with van der Waals surface area (Å²) in [5.74, 6) is 0. The molecule has 1 N–H and O–H groups in total. The normalized spacial score (nSPS) is 16.3. The first-order chi connectivity index (χ1) is 10.0. The molecule has 3 nitrogen and oxygen atoms in total. The quantitative estimate of drug-likeness (QED) is 0.794. The van der Waals surface area contributed by atoms with Crippen LogP contribution in [0.25, 0.3) is 0 Å². The van der Waals surface area contributed by atoms with Crippen LogP contribution in [0.2, 0.25) is 5.02 Å². The van der Waals surface area contributed by atoms with E-state index in [2.05, 4.69) is 55.2 Å². The largest absolute Gasteiger partial charge is 0.368 e. The second kappa shape index (κ2) is 7.48. The lowest BCUT2D eigenvalue weighted by Gasteiger charge is -2.34. The van der Waals surface area contributed by atoms with Crippen LogP contribution in [-0.2, 0) is 6.54 Å². The number of hydrogen-bond donors (Lipinski definition) is 1. The summed E-state index contributed by atoms with van der Waals surface area (Å²) in [4.78, 5) is 4.69. The molecule has 0 spiro atoms. The Bertz CT molecular complexity index is 457. The van der Waals surface area contributed by atoms with E-state index in [-0.39, 0.29) is 0 Å². The van der Waals surface area contributed by atoms with Crippen molar-refractivity contribution in [3.63, 3.8) is 0 Å². The molecular formula is C17H28ClN3. The van der Waals surface area contributed by atoms with Crippen molar-refractivity contribution in [1.82, 2.24) is 10.2 Å². The fraction of sp³-hybridized carbons (Fsp3) is 0.647. The van der Waals surface area contributed by atoms with Crippen LogP contribution in [0.15, 0.2) is 18.2 Å². The van der Waals surface area contributed by atoms with Crippen LogP contribution in [-0.4, -0.2) is 44.2 Å². The minimum Gasteiger partial charge on any atom is -0.368 e. The van der Waals surface area contributed by atoms with E-state index in [4.69, 9.17) is 11.6 Å². The minimum atomic E-state index is 0.461. The average molecular weight is 310 g/mol. The van der Waals surface area contributed by atoms with E-state index in [1.54, 1.807) is 0 Å². The van der Waals surface area contributed by atoms with Crippen molar-refractivity contribution in [2.24, 2.45) is 0 Å². The van der Waals surface area contributed by atoms with Gasteiger partial charge in [0.25, 0.3) is 0 Å². The monoisotopic (exact) mass is 309 g/mol. The third-order valence-corrected chi connectivity index (χ3v) is 4.40. The Balaban J connectivity index is 2.19. The van der Waals surface area contributed by atoms with Gasteiger partial charge in [-0.1, -0.05) is 17.7 Å². The fourth-order valence-electron chi connectivity index (χ4n) is 2.87. The molecule has 2 rings (SSSR count). The smallest absolute Gasteiger partial charge is 0.0471 e. The maximum Gasteiger partial charge on any atom is 0.0471 e. The zero-order chi connectivity index (χ0) is 15.4. The van der Waals surface area contributed by atoms with Crippen LogP contribution < -0.4 is 10.2 Å². The van der Waals surface area contributed by atoms with Gasteiger partial charge in [0, 0.05) is 48.0 Å². The van der Waals surface area contributed by atoms with Crippen molar-refractivity contribution >= 4 is 17.3 Å². The topological polar surface area (TPSA) is 18.5 Å². The Morgan fingerprint density at radius 1 is 1.33 bits per heavy atom. The number of anilines is 1.